The van der Waals surface area contributed by atoms with Crippen molar-refractivity contribution in [3.8, 4) is 73.0 Å². The van der Waals surface area contributed by atoms with E-state index in [4.69, 9.17) is 9.97 Å². The third kappa shape index (κ3) is 5.43. The van der Waals surface area contributed by atoms with Gasteiger partial charge in [-0.25, -0.2) is 9.97 Å². The Morgan fingerprint density at radius 2 is 0.948 bits per heavy atom. The topological polar surface area (TPSA) is 30.7 Å². The fourth-order valence-corrected chi connectivity index (χ4v) is 9.24. The molecule has 0 radical (unpaired) electrons. The van der Waals surface area contributed by atoms with Gasteiger partial charge in [0.2, 0.25) is 0 Å². The molecule has 0 saturated carbocycles. The number of hydrogen-bond acceptors (Lipinski definition) is 2. The van der Waals surface area contributed by atoms with Crippen LogP contribution in [0.4, 0.5) is 0 Å². The highest BCUT2D eigenvalue weighted by molar-refractivity contribution is 6.17. The van der Waals surface area contributed by atoms with E-state index in [0.29, 0.717) is 5.82 Å². The Morgan fingerprint density at radius 1 is 0.397 bits per heavy atom. The Labute approximate surface area is 338 Å². The van der Waals surface area contributed by atoms with Gasteiger partial charge >= 0.3 is 0 Å². The van der Waals surface area contributed by atoms with Crippen LogP contribution >= 0.6 is 0 Å². The fourth-order valence-electron chi connectivity index (χ4n) is 9.24. The molecule has 58 heavy (non-hydrogen) atoms. The minimum Gasteiger partial charge on any atom is -0.309 e. The zero-order valence-electron chi connectivity index (χ0n) is 32.4. The van der Waals surface area contributed by atoms with Gasteiger partial charge in [0.05, 0.1) is 22.4 Å². The summed E-state index contributed by atoms with van der Waals surface area (Å²) in [7, 11) is 0. The molecular formula is C55H39N3. The van der Waals surface area contributed by atoms with Crippen molar-refractivity contribution >= 4 is 21.8 Å². The van der Waals surface area contributed by atoms with E-state index in [1.54, 1.807) is 0 Å². The van der Waals surface area contributed by atoms with E-state index in [9.17, 15) is 0 Å². The molecule has 0 aliphatic heterocycles. The predicted molar refractivity (Wildman–Crippen MR) is 241 cm³/mol. The van der Waals surface area contributed by atoms with Gasteiger partial charge in [0.15, 0.2) is 5.82 Å². The van der Waals surface area contributed by atoms with Crippen LogP contribution in [0.3, 0.4) is 0 Å². The average molecular weight is 742 g/mol. The maximum atomic E-state index is 5.17. The van der Waals surface area contributed by atoms with E-state index < -0.39 is 0 Å². The second-order valence-electron chi connectivity index (χ2n) is 15.8. The van der Waals surface area contributed by atoms with Gasteiger partial charge in [0.1, 0.15) is 0 Å². The van der Waals surface area contributed by atoms with Crippen LogP contribution in [0, 0.1) is 0 Å². The molecule has 0 amide bonds. The molecule has 11 rings (SSSR count). The van der Waals surface area contributed by atoms with E-state index in [0.717, 1.165) is 39.3 Å². The lowest BCUT2D eigenvalue weighted by Gasteiger charge is -2.21. The summed E-state index contributed by atoms with van der Waals surface area (Å²) in [5.74, 6) is 0.698. The number of hydrogen-bond donors (Lipinski definition) is 0. The average Bonchev–Trinajstić information content (AvgIpc) is 3.75. The van der Waals surface area contributed by atoms with Crippen LogP contribution in [0.25, 0.3) is 94.8 Å². The molecule has 8 aromatic carbocycles. The van der Waals surface area contributed by atoms with Gasteiger partial charge in [-0.3, -0.25) is 0 Å². The van der Waals surface area contributed by atoms with E-state index in [1.165, 1.54) is 60.8 Å². The van der Waals surface area contributed by atoms with Crippen LogP contribution in [0.1, 0.15) is 25.0 Å². The van der Waals surface area contributed by atoms with E-state index in [1.807, 2.05) is 12.1 Å². The first kappa shape index (κ1) is 33.9. The molecule has 0 N–H and O–H groups in total. The smallest absolute Gasteiger partial charge is 0.160 e. The Kier molecular flexibility index (Phi) is 7.84. The Hall–Kier alpha value is -7.36. The van der Waals surface area contributed by atoms with Crippen LogP contribution in [-0.2, 0) is 5.41 Å². The van der Waals surface area contributed by atoms with E-state index in [2.05, 4.69) is 206 Å². The summed E-state index contributed by atoms with van der Waals surface area (Å²) in [5, 5.41) is 2.44. The van der Waals surface area contributed by atoms with Crippen LogP contribution in [-0.4, -0.2) is 14.5 Å². The first-order chi connectivity index (χ1) is 28.5. The van der Waals surface area contributed by atoms with Crippen molar-refractivity contribution in [1.29, 1.82) is 0 Å². The van der Waals surface area contributed by atoms with Gasteiger partial charge < -0.3 is 4.57 Å². The SMILES string of the molecule is CC1(C)c2ccccc2-c2c(-c3ccc4c(c3)c3c(-c5cccc(-c6nc(-c7ccccc7)cc(-c7ccccc7)n6)c5)cccc3n4-c3ccccc3)cccc21. The number of benzene rings is 8. The van der Waals surface area contributed by atoms with Gasteiger partial charge in [0.25, 0.3) is 0 Å². The molecule has 3 nitrogen and oxygen atoms in total. The highest BCUT2D eigenvalue weighted by Crippen LogP contribution is 2.52. The molecule has 1 aliphatic carbocycles. The van der Waals surface area contributed by atoms with Gasteiger partial charge in [-0.1, -0.05) is 172 Å². The van der Waals surface area contributed by atoms with Crippen molar-refractivity contribution in [3.63, 3.8) is 0 Å². The maximum Gasteiger partial charge on any atom is 0.160 e. The Balaban J connectivity index is 1.13. The minimum absolute atomic E-state index is 0.0697. The lowest BCUT2D eigenvalue weighted by molar-refractivity contribution is 0.660. The summed E-state index contributed by atoms with van der Waals surface area (Å²) in [6.45, 7) is 4.70. The second kappa shape index (κ2) is 13.4. The predicted octanol–water partition coefficient (Wildman–Crippen LogP) is 14.2. The quantitative estimate of drug-likeness (QED) is 0.170. The van der Waals surface area contributed by atoms with E-state index in [-0.39, 0.29) is 5.41 Å². The minimum atomic E-state index is -0.0697. The second-order valence-corrected chi connectivity index (χ2v) is 15.8. The first-order valence-electron chi connectivity index (χ1n) is 20.0. The monoisotopic (exact) mass is 741 g/mol. The highest BCUT2D eigenvalue weighted by atomic mass is 15.0. The van der Waals surface area contributed by atoms with Crippen molar-refractivity contribution < 1.29 is 0 Å². The summed E-state index contributed by atoms with van der Waals surface area (Å²) in [4.78, 5) is 10.3. The molecular weight excluding hydrogens is 703 g/mol. The van der Waals surface area contributed by atoms with E-state index >= 15 is 0 Å². The summed E-state index contributed by atoms with van der Waals surface area (Å²) in [5.41, 5.74) is 18.5. The zero-order chi connectivity index (χ0) is 38.8. The van der Waals surface area contributed by atoms with Crippen molar-refractivity contribution in [1.82, 2.24) is 14.5 Å². The van der Waals surface area contributed by atoms with Crippen LogP contribution < -0.4 is 0 Å². The summed E-state index contributed by atoms with van der Waals surface area (Å²) in [6.07, 6.45) is 0. The lowest BCUT2D eigenvalue weighted by Crippen LogP contribution is -2.14. The number of fused-ring (bicyclic) bond motifs is 6. The molecule has 3 heteroatoms. The molecule has 0 saturated heterocycles. The number of para-hydroxylation sites is 1. The molecule has 2 heterocycles. The molecule has 0 fully saturated rings. The molecule has 1 aliphatic rings. The van der Waals surface area contributed by atoms with Gasteiger partial charge in [-0.05, 0) is 87.0 Å². The number of rotatable bonds is 6. The molecule has 0 spiro atoms. The van der Waals surface area contributed by atoms with Gasteiger partial charge in [0, 0.05) is 38.6 Å². The lowest BCUT2D eigenvalue weighted by atomic mass is 9.82. The fraction of sp³-hybridized carbons (Fsp3) is 0.0545. The molecule has 0 atom stereocenters. The summed E-state index contributed by atoms with van der Waals surface area (Å²) < 4.78 is 2.41. The van der Waals surface area contributed by atoms with Crippen LogP contribution in [0.5, 0.6) is 0 Å². The summed E-state index contributed by atoms with van der Waals surface area (Å²) in [6, 6.07) is 71.8. The largest absolute Gasteiger partial charge is 0.309 e. The van der Waals surface area contributed by atoms with Gasteiger partial charge in [-0.15, -0.1) is 0 Å². The highest BCUT2D eigenvalue weighted by Gasteiger charge is 2.36. The molecule has 10 aromatic rings. The zero-order valence-corrected chi connectivity index (χ0v) is 32.4. The van der Waals surface area contributed by atoms with Crippen molar-refractivity contribution in [3.05, 3.63) is 211 Å². The third-order valence-electron chi connectivity index (χ3n) is 12.0. The van der Waals surface area contributed by atoms with Crippen molar-refractivity contribution in [2.45, 2.75) is 19.3 Å². The van der Waals surface area contributed by atoms with Crippen LogP contribution in [0.15, 0.2) is 200 Å². The number of nitrogens with zero attached hydrogens (tertiary/aromatic N) is 3. The Bertz CT molecular complexity index is 3120. The maximum absolute atomic E-state index is 5.17. The van der Waals surface area contributed by atoms with Crippen molar-refractivity contribution in [2.75, 3.05) is 0 Å². The molecule has 0 unspecified atom stereocenters. The van der Waals surface area contributed by atoms with Crippen molar-refractivity contribution in [2.24, 2.45) is 0 Å². The molecule has 0 bridgehead atoms. The molecule has 274 valence electrons. The van der Waals surface area contributed by atoms with Gasteiger partial charge in [-0.2, -0.15) is 0 Å². The first-order valence-corrected chi connectivity index (χ1v) is 20.0. The Morgan fingerprint density at radius 3 is 1.69 bits per heavy atom. The molecule has 2 aromatic heterocycles. The third-order valence-corrected chi connectivity index (χ3v) is 12.0. The standard InChI is InChI=1S/C55H39N3/c1-55(2)46-28-13-12-25-44(46)52-42(26-15-29-47(52)55)39-31-32-50-45(34-39)53-43(27-16-30-51(53)58(50)41-23-10-5-11-24-41)38-21-14-22-40(33-38)54-56-48(36-17-6-3-7-18-36)35-49(57-54)37-19-8-4-9-20-37/h3-35H,1-2H3. The van der Waals surface area contributed by atoms with Crippen LogP contribution in [0.2, 0.25) is 0 Å². The normalized spacial score (nSPS) is 12.8. The summed E-state index contributed by atoms with van der Waals surface area (Å²) >= 11 is 0. The number of aromatic nitrogens is 3.